The van der Waals surface area contributed by atoms with E-state index in [2.05, 4.69) is 5.32 Å². The summed E-state index contributed by atoms with van der Waals surface area (Å²) in [4.78, 5) is 22.3. The summed E-state index contributed by atoms with van der Waals surface area (Å²) in [6, 6.07) is 2.41. The van der Waals surface area contributed by atoms with Crippen LogP contribution in [0.15, 0.2) is 18.2 Å². The van der Waals surface area contributed by atoms with Crippen LogP contribution < -0.4 is 5.32 Å². The molecule has 0 radical (unpaired) electrons. The highest BCUT2D eigenvalue weighted by molar-refractivity contribution is 5.92. The second-order valence-electron chi connectivity index (χ2n) is 4.21. The monoisotopic (exact) mass is 308 g/mol. The molecule has 0 aromatic heterocycles. The van der Waals surface area contributed by atoms with Crippen molar-refractivity contribution in [3.63, 3.8) is 0 Å². The van der Waals surface area contributed by atoms with Crippen molar-refractivity contribution in [2.75, 3.05) is 18.4 Å². The van der Waals surface area contributed by atoms with Gasteiger partial charge in [-0.2, -0.15) is 13.2 Å². The van der Waals surface area contributed by atoms with Crippen LogP contribution in [0.4, 0.5) is 28.0 Å². The first-order valence-corrected chi connectivity index (χ1v) is 5.69. The zero-order valence-corrected chi connectivity index (χ0v) is 10.9. The van der Waals surface area contributed by atoms with Crippen LogP contribution in [0.5, 0.6) is 0 Å². The molecule has 0 saturated heterocycles. The maximum absolute atomic E-state index is 13.3. The molecule has 1 aromatic carbocycles. The fraction of sp³-hybridized carbons (Fsp3) is 0.333. The van der Waals surface area contributed by atoms with Gasteiger partial charge in [-0.15, -0.1) is 0 Å². The minimum absolute atomic E-state index is 0.0300. The van der Waals surface area contributed by atoms with E-state index in [-0.39, 0.29) is 16.2 Å². The molecule has 0 saturated carbocycles. The zero-order valence-electron chi connectivity index (χ0n) is 10.9. The van der Waals surface area contributed by atoms with Gasteiger partial charge in [0, 0.05) is 11.3 Å². The molecule has 0 aliphatic carbocycles. The number of carboxylic acids is 1. The molecule has 5 nitrogen and oxygen atoms in total. The van der Waals surface area contributed by atoms with Gasteiger partial charge < -0.3 is 15.3 Å². The van der Waals surface area contributed by atoms with Crippen molar-refractivity contribution in [2.45, 2.75) is 13.1 Å². The van der Waals surface area contributed by atoms with Crippen LogP contribution in [0.1, 0.15) is 5.56 Å². The first kappa shape index (κ1) is 16.7. The molecule has 2 N–H and O–H groups in total. The molecule has 0 unspecified atom stereocenters. The minimum atomic E-state index is -4.75. The van der Waals surface area contributed by atoms with Crippen LogP contribution in [-0.2, 0) is 4.79 Å². The third kappa shape index (κ3) is 5.28. The number of anilines is 1. The summed E-state index contributed by atoms with van der Waals surface area (Å²) in [5.74, 6) is -2.24. The molecule has 9 heteroatoms. The largest absolute Gasteiger partial charge is 0.480 e. The number of carboxylic acid groups (broad SMARTS) is 1. The van der Waals surface area contributed by atoms with Gasteiger partial charge in [0.25, 0.3) is 0 Å². The summed E-state index contributed by atoms with van der Waals surface area (Å²) in [6.07, 6.45) is -4.75. The smallest absolute Gasteiger partial charge is 0.406 e. The Bertz CT molecular complexity index is 546. The van der Waals surface area contributed by atoms with E-state index in [1.165, 1.54) is 19.1 Å². The lowest BCUT2D eigenvalue weighted by molar-refractivity contribution is -0.148. The predicted octanol–water partition coefficient (Wildman–Crippen LogP) is 2.61. The summed E-state index contributed by atoms with van der Waals surface area (Å²) >= 11 is 0. The Balaban J connectivity index is 2.90. The first-order valence-electron chi connectivity index (χ1n) is 5.69. The van der Waals surface area contributed by atoms with E-state index < -0.39 is 37.1 Å². The van der Waals surface area contributed by atoms with E-state index in [1.807, 2.05) is 0 Å². The van der Waals surface area contributed by atoms with Crippen molar-refractivity contribution in [2.24, 2.45) is 0 Å². The lowest BCUT2D eigenvalue weighted by atomic mass is 10.2. The maximum atomic E-state index is 13.3. The summed E-state index contributed by atoms with van der Waals surface area (Å²) in [7, 11) is 0. The van der Waals surface area contributed by atoms with E-state index in [1.54, 1.807) is 0 Å². The van der Waals surface area contributed by atoms with Crippen LogP contribution >= 0.6 is 0 Å². The van der Waals surface area contributed by atoms with Gasteiger partial charge in [0.1, 0.15) is 18.9 Å². The number of halogens is 4. The highest BCUT2D eigenvalue weighted by Crippen LogP contribution is 2.20. The molecule has 21 heavy (non-hydrogen) atoms. The predicted molar refractivity (Wildman–Crippen MR) is 65.4 cm³/mol. The minimum Gasteiger partial charge on any atom is -0.480 e. The third-order valence-electron chi connectivity index (χ3n) is 2.49. The number of amides is 2. The number of benzene rings is 1. The first-order chi connectivity index (χ1) is 9.60. The van der Waals surface area contributed by atoms with Gasteiger partial charge in [0.2, 0.25) is 0 Å². The molecule has 0 spiro atoms. The Hall–Kier alpha value is -2.32. The normalized spacial score (nSPS) is 11.1. The number of rotatable bonds is 4. The van der Waals surface area contributed by atoms with Gasteiger partial charge in [-0.3, -0.25) is 4.79 Å². The number of hydrogen-bond donors (Lipinski definition) is 2. The maximum Gasteiger partial charge on any atom is 0.406 e. The van der Waals surface area contributed by atoms with Crippen molar-refractivity contribution in [3.8, 4) is 0 Å². The number of carbonyl (C=O) groups excluding carboxylic acids is 1. The lowest BCUT2D eigenvalue weighted by Crippen LogP contribution is -2.44. The molecular weight excluding hydrogens is 296 g/mol. The van der Waals surface area contributed by atoms with E-state index in [9.17, 15) is 27.2 Å². The lowest BCUT2D eigenvalue weighted by Gasteiger charge is -2.23. The Morgan fingerprint density at radius 3 is 2.48 bits per heavy atom. The van der Waals surface area contributed by atoms with Gasteiger partial charge in [0.15, 0.2) is 0 Å². The summed E-state index contributed by atoms with van der Waals surface area (Å²) in [5.41, 5.74) is 0.00527. The highest BCUT2D eigenvalue weighted by Gasteiger charge is 2.34. The van der Waals surface area contributed by atoms with Gasteiger partial charge in [-0.25, -0.2) is 9.18 Å². The SMILES string of the molecule is Cc1c(F)cccc1NC(=O)N(CC(=O)O)CC(F)(F)F. The molecule has 0 aliphatic heterocycles. The average Bonchev–Trinajstić information content (AvgIpc) is 2.31. The fourth-order valence-corrected chi connectivity index (χ4v) is 1.52. The molecule has 1 rings (SSSR count). The topological polar surface area (TPSA) is 69.6 Å². The number of carbonyl (C=O) groups is 2. The molecule has 2 amide bonds. The van der Waals surface area contributed by atoms with E-state index in [4.69, 9.17) is 5.11 Å². The van der Waals surface area contributed by atoms with Crippen molar-refractivity contribution >= 4 is 17.7 Å². The Kier molecular flexibility index (Phi) is 5.12. The van der Waals surface area contributed by atoms with E-state index in [0.29, 0.717) is 0 Å². The Morgan fingerprint density at radius 1 is 1.33 bits per heavy atom. The highest BCUT2D eigenvalue weighted by atomic mass is 19.4. The quantitative estimate of drug-likeness (QED) is 0.840. The second kappa shape index (κ2) is 6.42. The molecular formula is C12H12F4N2O3. The van der Waals surface area contributed by atoms with Crippen molar-refractivity contribution in [1.29, 1.82) is 0 Å². The van der Waals surface area contributed by atoms with Crippen molar-refractivity contribution in [1.82, 2.24) is 4.90 Å². The number of alkyl halides is 3. The van der Waals surface area contributed by atoms with Crippen molar-refractivity contribution in [3.05, 3.63) is 29.6 Å². The van der Waals surface area contributed by atoms with Crippen LogP contribution in [0, 0.1) is 12.7 Å². The Morgan fingerprint density at radius 2 is 1.95 bits per heavy atom. The molecule has 1 aromatic rings. The van der Waals surface area contributed by atoms with Crippen molar-refractivity contribution < 1.29 is 32.3 Å². The standard InChI is InChI=1S/C12H12F4N2O3/c1-7-8(13)3-2-4-9(7)17-11(21)18(5-10(19)20)6-12(14,15)16/h2-4H,5-6H2,1H3,(H,17,21)(H,19,20). The summed E-state index contributed by atoms with van der Waals surface area (Å²) in [6.45, 7) is -1.52. The number of nitrogens with one attached hydrogen (secondary N) is 1. The molecule has 116 valence electrons. The van der Waals surface area contributed by atoms with Gasteiger partial charge in [-0.1, -0.05) is 6.07 Å². The van der Waals surface area contributed by atoms with Gasteiger partial charge in [-0.05, 0) is 19.1 Å². The Labute approximate surface area is 117 Å². The summed E-state index contributed by atoms with van der Waals surface area (Å²) < 4.78 is 50.2. The van der Waals surface area contributed by atoms with E-state index in [0.717, 1.165) is 6.07 Å². The van der Waals surface area contributed by atoms with E-state index >= 15 is 0 Å². The van der Waals surface area contributed by atoms with Crippen LogP contribution in [0.3, 0.4) is 0 Å². The van der Waals surface area contributed by atoms with Gasteiger partial charge >= 0.3 is 18.2 Å². The molecule has 0 heterocycles. The number of urea groups is 1. The molecule has 0 atom stereocenters. The average molecular weight is 308 g/mol. The molecule has 0 aliphatic rings. The third-order valence-corrected chi connectivity index (χ3v) is 2.49. The van der Waals surface area contributed by atoms with Crippen LogP contribution in [0.25, 0.3) is 0 Å². The summed E-state index contributed by atoms with van der Waals surface area (Å²) in [5, 5.41) is 10.6. The number of nitrogens with zero attached hydrogens (tertiary/aromatic N) is 1. The number of hydrogen-bond acceptors (Lipinski definition) is 2. The van der Waals surface area contributed by atoms with Gasteiger partial charge in [0.05, 0.1) is 0 Å². The molecule has 0 fully saturated rings. The molecule has 0 bridgehead atoms. The number of aliphatic carboxylic acids is 1. The fourth-order valence-electron chi connectivity index (χ4n) is 1.52. The van der Waals surface area contributed by atoms with Crippen LogP contribution in [-0.4, -0.2) is 41.3 Å². The van der Waals surface area contributed by atoms with Crippen LogP contribution in [0.2, 0.25) is 0 Å². The second-order valence-corrected chi connectivity index (χ2v) is 4.21. The zero-order chi connectivity index (χ0) is 16.2.